The summed E-state index contributed by atoms with van der Waals surface area (Å²) >= 11 is 6.06. The van der Waals surface area contributed by atoms with Crippen LogP contribution in [-0.4, -0.2) is 53.0 Å². The third-order valence-electron chi connectivity index (χ3n) is 5.46. The molecule has 8 heteroatoms. The molecule has 0 atom stereocenters. The van der Waals surface area contributed by atoms with Gasteiger partial charge in [-0.05, 0) is 69.3 Å². The van der Waals surface area contributed by atoms with Crippen LogP contribution in [0.2, 0.25) is 5.02 Å². The van der Waals surface area contributed by atoms with E-state index in [1.54, 1.807) is 31.2 Å². The van der Waals surface area contributed by atoms with Crippen molar-refractivity contribution in [2.45, 2.75) is 25.7 Å². The number of benzene rings is 2. The fraction of sp³-hybridized carbons (Fsp3) is 0.348. The van der Waals surface area contributed by atoms with Gasteiger partial charge in [0.15, 0.2) is 0 Å². The maximum Gasteiger partial charge on any atom is 0.338 e. The Morgan fingerprint density at radius 1 is 1.23 bits per heavy atom. The van der Waals surface area contributed by atoms with Crippen LogP contribution in [0.5, 0.6) is 0 Å². The Labute approximate surface area is 185 Å². The first-order valence-electron chi connectivity index (χ1n) is 10.5. The SMILES string of the molecule is CCOC(=O)c1cccc(NC(=O)CN2CCC(c3nc4ccc(Cl)cc4[nH]3)CC2)c1. The van der Waals surface area contributed by atoms with E-state index in [2.05, 4.69) is 15.2 Å². The molecule has 4 rings (SSSR count). The van der Waals surface area contributed by atoms with Crippen LogP contribution in [0.4, 0.5) is 5.69 Å². The number of aromatic nitrogens is 2. The molecule has 1 fully saturated rings. The van der Waals surface area contributed by atoms with Crippen LogP contribution in [0.3, 0.4) is 0 Å². The van der Waals surface area contributed by atoms with E-state index in [9.17, 15) is 9.59 Å². The van der Waals surface area contributed by atoms with Crippen LogP contribution in [0.15, 0.2) is 42.5 Å². The second-order valence-electron chi connectivity index (χ2n) is 7.68. The highest BCUT2D eigenvalue weighted by molar-refractivity contribution is 6.31. The van der Waals surface area contributed by atoms with E-state index in [1.165, 1.54) is 0 Å². The largest absolute Gasteiger partial charge is 0.462 e. The number of likely N-dealkylation sites (tertiary alicyclic amines) is 1. The number of nitrogens with zero attached hydrogens (tertiary/aromatic N) is 2. The maximum atomic E-state index is 12.5. The summed E-state index contributed by atoms with van der Waals surface area (Å²) in [5, 5.41) is 3.56. The lowest BCUT2D eigenvalue weighted by molar-refractivity contribution is -0.117. The zero-order chi connectivity index (χ0) is 21.8. The van der Waals surface area contributed by atoms with Crippen LogP contribution in [-0.2, 0) is 9.53 Å². The normalized spacial score (nSPS) is 15.2. The van der Waals surface area contributed by atoms with E-state index in [4.69, 9.17) is 21.3 Å². The van der Waals surface area contributed by atoms with Gasteiger partial charge >= 0.3 is 5.97 Å². The molecule has 0 spiro atoms. The minimum absolute atomic E-state index is 0.0992. The molecule has 0 saturated carbocycles. The van der Waals surface area contributed by atoms with Gasteiger partial charge in [0.1, 0.15) is 5.82 Å². The van der Waals surface area contributed by atoms with Gasteiger partial charge in [0.05, 0.1) is 29.7 Å². The minimum atomic E-state index is -0.395. The van der Waals surface area contributed by atoms with E-state index >= 15 is 0 Å². The Kier molecular flexibility index (Phi) is 6.53. The molecule has 2 N–H and O–H groups in total. The number of ether oxygens (including phenoxy) is 1. The lowest BCUT2D eigenvalue weighted by atomic mass is 9.96. The van der Waals surface area contributed by atoms with Crippen molar-refractivity contribution in [1.82, 2.24) is 14.9 Å². The Balaban J connectivity index is 1.30. The van der Waals surface area contributed by atoms with Gasteiger partial charge in [-0.3, -0.25) is 9.69 Å². The number of piperidine rings is 1. The molecule has 0 aliphatic carbocycles. The number of amides is 1. The first-order chi connectivity index (χ1) is 15.0. The third-order valence-corrected chi connectivity index (χ3v) is 5.70. The second-order valence-corrected chi connectivity index (χ2v) is 8.12. The number of fused-ring (bicyclic) bond motifs is 1. The molecule has 162 valence electrons. The number of carbonyl (C=O) groups is 2. The molecule has 1 amide bonds. The molecule has 1 saturated heterocycles. The van der Waals surface area contributed by atoms with Crippen LogP contribution in [0.1, 0.15) is 41.9 Å². The molecule has 7 nitrogen and oxygen atoms in total. The van der Waals surface area contributed by atoms with Gasteiger partial charge in [-0.15, -0.1) is 0 Å². The third kappa shape index (κ3) is 5.24. The van der Waals surface area contributed by atoms with Gasteiger partial charge in [-0.25, -0.2) is 9.78 Å². The Bertz CT molecular complexity index is 1090. The topological polar surface area (TPSA) is 87.3 Å². The highest BCUT2D eigenvalue weighted by Gasteiger charge is 2.24. The summed E-state index contributed by atoms with van der Waals surface area (Å²) in [7, 11) is 0. The van der Waals surface area contributed by atoms with Crippen LogP contribution >= 0.6 is 11.6 Å². The Morgan fingerprint density at radius 2 is 2.03 bits per heavy atom. The van der Waals surface area contributed by atoms with Crippen molar-refractivity contribution in [3.8, 4) is 0 Å². The summed E-state index contributed by atoms with van der Waals surface area (Å²) in [6.45, 7) is 4.02. The first kappa shape index (κ1) is 21.3. The number of nitrogens with one attached hydrogen (secondary N) is 2. The van der Waals surface area contributed by atoms with Crippen LogP contribution in [0, 0.1) is 0 Å². The standard InChI is InChI=1S/C23H25ClN4O3/c1-2-31-23(30)16-4-3-5-18(12-16)25-21(29)14-28-10-8-15(9-11-28)22-26-19-7-6-17(24)13-20(19)27-22/h3-7,12-13,15H,2,8-11,14H2,1H3,(H,25,29)(H,26,27). The van der Waals surface area contributed by atoms with Crippen molar-refractivity contribution in [2.75, 3.05) is 31.6 Å². The van der Waals surface area contributed by atoms with Crippen molar-refractivity contribution < 1.29 is 14.3 Å². The lowest BCUT2D eigenvalue weighted by Gasteiger charge is -2.30. The summed E-state index contributed by atoms with van der Waals surface area (Å²) in [5.41, 5.74) is 2.89. The predicted octanol–water partition coefficient (Wildman–Crippen LogP) is 4.21. The van der Waals surface area contributed by atoms with Crippen molar-refractivity contribution >= 4 is 40.2 Å². The summed E-state index contributed by atoms with van der Waals surface area (Å²) in [4.78, 5) is 34.6. The molecular weight excluding hydrogens is 416 g/mol. The van der Waals surface area contributed by atoms with Gasteiger partial charge < -0.3 is 15.0 Å². The summed E-state index contributed by atoms with van der Waals surface area (Å²) in [5.74, 6) is 0.829. The number of hydrogen-bond acceptors (Lipinski definition) is 5. The fourth-order valence-electron chi connectivity index (χ4n) is 3.90. The van der Waals surface area contributed by atoms with Crippen molar-refractivity contribution in [3.63, 3.8) is 0 Å². The number of esters is 1. The highest BCUT2D eigenvalue weighted by atomic mass is 35.5. The van der Waals surface area contributed by atoms with E-state index in [-0.39, 0.29) is 5.91 Å². The van der Waals surface area contributed by atoms with Crippen molar-refractivity contribution in [2.24, 2.45) is 0 Å². The number of anilines is 1. The average molecular weight is 441 g/mol. The van der Waals surface area contributed by atoms with Gasteiger partial charge in [0.25, 0.3) is 0 Å². The first-order valence-corrected chi connectivity index (χ1v) is 10.8. The maximum absolute atomic E-state index is 12.5. The van der Waals surface area contributed by atoms with E-state index in [0.717, 1.165) is 42.8 Å². The zero-order valence-electron chi connectivity index (χ0n) is 17.4. The fourth-order valence-corrected chi connectivity index (χ4v) is 4.07. The summed E-state index contributed by atoms with van der Waals surface area (Å²) in [6, 6.07) is 12.5. The summed E-state index contributed by atoms with van der Waals surface area (Å²) < 4.78 is 5.01. The van der Waals surface area contributed by atoms with E-state index in [1.807, 2.05) is 18.2 Å². The van der Waals surface area contributed by atoms with E-state index in [0.29, 0.717) is 35.3 Å². The molecule has 1 aliphatic rings. The number of halogens is 1. The van der Waals surface area contributed by atoms with Gasteiger partial charge in [-0.1, -0.05) is 17.7 Å². The molecule has 2 aromatic carbocycles. The summed E-state index contributed by atoms with van der Waals surface area (Å²) in [6.07, 6.45) is 1.86. The number of rotatable bonds is 6. The number of H-pyrrole nitrogens is 1. The molecule has 3 aromatic rings. The monoisotopic (exact) mass is 440 g/mol. The molecule has 1 aromatic heterocycles. The second kappa shape index (κ2) is 9.49. The minimum Gasteiger partial charge on any atom is -0.462 e. The van der Waals surface area contributed by atoms with Crippen molar-refractivity contribution in [1.29, 1.82) is 0 Å². The lowest BCUT2D eigenvalue weighted by Crippen LogP contribution is -2.38. The number of carbonyl (C=O) groups excluding carboxylic acids is 2. The van der Waals surface area contributed by atoms with Crippen LogP contribution < -0.4 is 5.32 Å². The molecular formula is C23H25ClN4O3. The Hall–Kier alpha value is -2.90. The molecule has 31 heavy (non-hydrogen) atoms. The molecule has 1 aliphatic heterocycles. The quantitative estimate of drug-likeness (QED) is 0.560. The average Bonchev–Trinajstić information content (AvgIpc) is 3.17. The van der Waals surface area contributed by atoms with Crippen LogP contribution in [0.25, 0.3) is 11.0 Å². The smallest absolute Gasteiger partial charge is 0.338 e. The van der Waals surface area contributed by atoms with Crippen molar-refractivity contribution in [3.05, 3.63) is 58.9 Å². The highest BCUT2D eigenvalue weighted by Crippen LogP contribution is 2.28. The molecule has 0 unspecified atom stereocenters. The van der Waals surface area contributed by atoms with E-state index < -0.39 is 5.97 Å². The molecule has 2 heterocycles. The van der Waals surface area contributed by atoms with Gasteiger partial charge in [0, 0.05) is 16.6 Å². The van der Waals surface area contributed by atoms with Gasteiger partial charge in [0.2, 0.25) is 5.91 Å². The Morgan fingerprint density at radius 3 is 2.81 bits per heavy atom. The van der Waals surface area contributed by atoms with Gasteiger partial charge in [-0.2, -0.15) is 0 Å². The molecule has 0 radical (unpaired) electrons. The number of hydrogen-bond donors (Lipinski definition) is 2. The number of aromatic amines is 1. The zero-order valence-corrected chi connectivity index (χ0v) is 18.1. The molecule has 0 bridgehead atoms. The number of imidazole rings is 1. The predicted molar refractivity (Wildman–Crippen MR) is 121 cm³/mol.